The topological polar surface area (TPSA) is 64.4 Å². The van der Waals surface area contributed by atoms with Gasteiger partial charge in [0.15, 0.2) is 5.58 Å². The average molecular weight is 310 g/mol. The molecule has 2 aromatic carbocycles. The molecule has 1 N–H and O–H groups in total. The molecule has 0 spiro atoms. The van der Waals surface area contributed by atoms with Crippen LogP contribution in [0.1, 0.15) is 18.2 Å². The van der Waals surface area contributed by atoms with Crippen molar-refractivity contribution in [1.29, 1.82) is 0 Å². The van der Waals surface area contributed by atoms with Crippen LogP contribution in [-0.2, 0) is 17.8 Å². The summed E-state index contributed by atoms with van der Waals surface area (Å²) < 4.78 is 10.8. The van der Waals surface area contributed by atoms with Gasteiger partial charge in [-0.1, -0.05) is 35.5 Å². The van der Waals surface area contributed by atoms with Crippen LogP contribution >= 0.6 is 0 Å². The Bertz CT molecular complexity index is 811. The van der Waals surface area contributed by atoms with E-state index < -0.39 is 0 Å². The van der Waals surface area contributed by atoms with Gasteiger partial charge in [0.25, 0.3) is 0 Å². The molecule has 5 heteroatoms. The molecule has 0 fully saturated rings. The zero-order valence-corrected chi connectivity index (χ0v) is 12.9. The van der Waals surface area contributed by atoms with Gasteiger partial charge in [0.1, 0.15) is 11.4 Å². The lowest BCUT2D eigenvalue weighted by Crippen LogP contribution is -2.25. The third-order valence-electron chi connectivity index (χ3n) is 3.53. The third-order valence-corrected chi connectivity index (χ3v) is 3.53. The molecule has 0 bridgehead atoms. The molecule has 0 atom stereocenters. The molecular formula is C18H18N2O3. The number of hydrogen-bond acceptors (Lipinski definition) is 4. The molecule has 0 aliphatic heterocycles. The predicted octanol–water partition coefficient (Wildman–Crippen LogP) is 3.09. The van der Waals surface area contributed by atoms with Crippen molar-refractivity contribution in [2.75, 3.05) is 6.61 Å². The normalized spacial score (nSPS) is 10.7. The van der Waals surface area contributed by atoms with Gasteiger partial charge in [-0.25, -0.2) is 0 Å². The van der Waals surface area contributed by atoms with Crippen LogP contribution in [0.4, 0.5) is 0 Å². The monoisotopic (exact) mass is 310 g/mol. The number of ether oxygens (including phenoxy) is 1. The van der Waals surface area contributed by atoms with Gasteiger partial charge in [-0.15, -0.1) is 0 Å². The summed E-state index contributed by atoms with van der Waals surface area (Å²) in [6, 6.07) is 15.2. The van der Waals surface area contributed by atoms with E-state index in [1.165, 1.54) is 0 Å². The number of rotatable bonds is 6. The maximum absolute atomic E-state index is 12.2. The van der Waals surface area contributed by atoms with Crippen LogP contribution in [0, 0.1) is 0 Å². The first-order valence-corrected chi connectivity index (χ1v) is 7.58. The van der Waals surface area contributed by atoms with Crippen LogP contribution in [-0.4, -0.2) is 17.7 Å². The Hall–Kier alpha value is -2.82. The largest absolute Gasteiger partial charge is 0.494 e. The lowest BCUT2D eigenvalue weighted by molar-refractivity contribution is -0.120. The summed E-state index contributed by atoms with van der Waals surface area (Å²) in [5.74, 6) is 0.692. The number of fused-ring (bicyclic) bond motifs is 1. The van der Waals surface area contributed by atoms with Crippen molar-refractivity contribution in [3.8, 4) is 5.75 Å². The second-order valence-corrected chi connectivity index (χ2v) is 5.12. The van der Waals surface area contributed by atoms with Gasteiger partial charge in [0.2, 0.25) is 5.91 Å². The number of benzene rings is 2. The highest BCUT2D eigenvalue weighted by Crippen LogP contribution is 2.19. The van der Waals surface area contributed by atoms with E-state index in [0.717, 1.165) is 16.7 Å². The highest BCUT2D eigenvalue weighted by molar-refractivity contribution is 5.86. The Kier molecular flexibility index (Phi) is 4.57. The van der Waals surface area contributed by atoms with Crippen molar-refractivity contribution in [3.05, 3.63) is 59.8 Å². The van der Waals surface area contributed by atoms with Gasteiger partial charge in [0.05, 0.1) is 13.0 Å². The highest BCUT2D eigenvalue weighted by atomic mass is 16.5. The fourth-order valence-electron chi connectivity index (χ4n) is 2.42. The predicted molar refractivity (Wildman–Crippen MR) is 87.2 cm³/mol. The Balaban J connectivity index is 1.64. The van der Waals surface area contributed by atoms with E-state index in [1.54, 1.807) is 0 Å². The SMILES string of the molecule is CCOc1ccccc1CNC(=O)Cc1noc2ccccc12. The standard InChI is InChI=1S/C18H18N2O3/c1-2-22-16-9-5-3-7-13(16)12-19-18(21)11-15-14-8-4-6-10-17(14)23-20-15/h3-10H,2,11-12H2,1H3,(H,19,21). The molecule has 0 aliphatic rings. The van der Waals surface area contributed by atoms with Gasteiger partial charge in [-0.3, -0.25) is 4.79 Å². The summed E-state index contributed by atoms with van der Waals surface area (Å²) in [7, 11) is 0. The van der Waals surface area contributed by atoms with Crippen molar-refractivity contribution in [2.45, 2.75) is 19.9 Å². The zero-order valence-electron chi connectivity index (χ0n) is 12.9. The van der Waals surface area contributed by atoms with Crippen LogP contribution in [0.3, 0.4) is 0 Å². The van der Waals surface area contributed by atoms with Crippen molar-refractivity contribution in [2.24, 2.45) is 0 Å². The van der Waals surface area contributed by atoms with Crippen molar-refractivity contribution in [3.63, 3.8) is 0 Å². The number of carbonyl (C=O) groups excluding carboxylic acids is 1. The molecule has 0 saturated heterocycles. The average Bonchev–Trinajstić information content (AvgIpc) is 2.98. The molecular weight excluding hydrogens is 292 g/mol. The van der Waals surface area contributed by atoms with E-state index in [9.17, 15) is 4.79 Å². The van der Waals surface area contributed by atoms with Crippen LogP contribution in [0.2, 0.25) is 0 Å². The number of nitrogens with zero attached hydrogens (tertiary/aromatic N) is 1. The fraction of sp³-hybridized carbons (Fsp3) is 0.222. The minimum absolute atomic E-state index is 0.102. The first-order chi connectivity index (χ1) is 11.3. The van der Waals surface area contributed by atoms with Crippen molar-refractivity contribution >= 4 is 16.9 Å². The molecule has 0 unspecified atom stereocenters. The number of nitrogens with one attached hydrogen (secondary N) is 1. The fourth-order valence-corrected chi connectivity index (χ4v) is 2.42. The maximum Gasteiger partial charge on any atom is 0.226 e. The molecule has 1 amide bonds. The molecule has 1 heterocycles. The smallest absolute Gasteiger partial charge is 0.226 e. The van der Waals surface area contributed by atoms with Gasteiger partial charge in [0, 0.05) is 17.5 Å². The van der Waals surface area contributed by atoms with E-state index in [1.807, 2.05) is 55.5 Å². The Morgan fingerprint density at radius 3 is 2.83 bits per heavy atom. The zero-order chi connectivity index (χ0) is 16.1. The number of aromatic nitrogens is 1. The van der Waals surface area contributed by atoms with E-state index >= 15 is 0 Å². The van der Waals surface area contributed by atoms with Gasteiger partial charge in [-0.2, -0.15) is 0 Å². The van der Waals surface area contributed by atoms with E-state index in [0.29, 0.717) is 24.4 Å². The molecule has 3 rings (SSSR count). The lowest BCUT2D eigenvalue weighted by Gasteiger charge is -2.10. The second kappa shape index (κ2) is 6.96. The summed E-state index contributed by atoms with van der Waals surface area (Å²) in [6.45, 7) is 2.95. The Labute approximate surface area is 134 Å². The number of carbonyl (C=O) groups is 1. The molecule has 23 heavy (non-hydrogen) atoms. The summed E-state index contributed by atoms with van der Waals surface area (Å²) >= 11 is 0. The van der Waals surface area contributed by atoms with E-state index in [-0.39, 0.29) is 12.3 Å². The van der Waals surface area contributed by atoms with Gasteiger partial charge in [-0.05, 0) is 25.1 Å². The highest BCUT2D eigenvalue weighted by Gasteiger charge is 2.12. The van der Waals surface area contributed by atoms with Crippen molar-refractivity contribution < 1.29 is 14.1 Å². The summed E-state index contributed by atoms with van der Waals surface area (Å²) in [5, 5.41) is 7.75. The summed E-state index contributed by atoms with van der Waals surface area (Å²) in [5.41, 5.74) is 2.29. The molecule has 0 radical (unpaired) electrons. The maximum atomic E-state index is 12.2. The Morgan fingerprint density at radius 1 is 1.17 bits per heavy atom. The first-order valence-electron chi connectivity index (χ1n) is 7.58. The van der Waals surface area contributed by atoms with Crippen LogP contribution in [0.15, 0.2) is 53.1 Å². The van der Waals surface area contributed by atoms with Crippen LogP contribution in [0.5, 0.6) is 5.75 Å². The quantitative estimate of drug-likeness (QED) is 0.760. The first kappa shape index (κ1) is 15.1. The lowest BCUT2D eigenvalue weighted by atomic mass is 10.1. The number of hydrogen-bond donors (Lipinski definition) is 1. The molecule has 1 aromatic heterocycles. The van der Waals surface area contributed by atoms with E-state index in [4.69, 9.17) is 9.26 Å². The molecule has 0 saturated carbocycles. The number of amides is 1. The third kappa shape index (κ3) is 3.51. The van der Waals surface area contributed by atoms with Gasteiger partial charge < -0.3 is 14.6 Å². The minimum atomic E-state index is -0.102. The van der Waals surface area contributed by atoms with Crippen LogP contribution in [0.25, 0.3) is 11.0 Å². The summed E-state index contributed by atoms with van der Waals surface area (Å²) in [6.07, 6.45) is 0.188. The minimum Gasteiger partial charge on any atom is -0.494 e. The van der Waals surface area contributed by atoms with Crippen molar-refractivity contribution in [1.82, 2.24) is 10.5 Å². The van der Waals surface area contributed by atoms with Gasteiger partial charge >= 0.3 is 0 Å². The molecule has 0 aliphatic carbocycles. The molecule has 118 valence electrons. The second-order valence-electron chi connectivity index (χ2n) is 5.12. The van der Waals surface area contributed by atoms with E-state index in [2.05, 4.69) is 10.5 Å². The Morgan fingerprint density at radius 2 is 1.96 bits per heavy atom. The van der Waals surface area contributed by atoms with Crippen LogP contribution < -0.4 is 10.1 Å². The molecule has 3 aromatic rings. The molecule has 5 nitrogen and oxygen atoms in total. The summed E-state index contributed by atoms with van der Waals surface area (Å²) in [4.78, 5) is 12.2. The number of para-hydroxylation sites is 2.